The van der Waals surface area contributed by atoms with Gasteiger partial charge in [0.25, 0.3) is 5.69 Å². The number of aryl methyl sites for hydroxylation is 2. The van der Waals surface area contributed by atoms with Gasteiger partial charge >= 0.3 is 0 Å². The van der Waals surface area contributed by atoms with E-state index < -0.39 is 0 Å². The molecule has 106 valence electrons. The summed E-state index contributed by atoms with van der Waals surface area (Å²) >= 11 is 0. The van der Waals surface area contributed by atoms with E-state index in [2.05, 4.69) is 15.5 Å². The maximum atomic E-state index is 11.0. The zero-order valence-corrected chi connectivity index (χ0v) is 11.3. The van der Waals surface area contributed by atoms with Gasteiger partial charge in [0.15, 0.2) is 0 Å². The summed E-state index contributed by atoms with van der Waals surface area (Å²) in [6.07, 6.45) is 5.24. The summed E-state index contributed by atoms with van der Waals surface area (Å²) in [5.41, 5.74) is 1.59. The minimum absolute atomic E-state index is 0.129. The highest BCUT2D eigenvalue weighted by Crippen LogP contribution is 2.25. The van der Waals surface area contributed by atoms with Gasteiger partial charge < -0.3 is 9.88 Å². The van der Waals surface area contributed by atoms with Crippen LogP contribution in [0.3, 0.4) is 0 Å². The Balaban J connectivity index is 1.80. The first-order valence-corrected chi connectivity index (χ1v) is 6.48. The first kappa shape index (κ1) is 14.0. The van der Waals surface area contributed by atoms with Crippen LogP contribution in [0.5, 0.6) is 0 Å². The highest BCUT2D eigenvalue weighted by atomic mass is 16.6. The Morgan fingerprint density at radius 2 is 2.05 bits per heavy atom. The lowest BCUT2D eigenvalue weighted by Crippen LogP contribution is -2.06. The fraction of sp³-hybridized carbons (Fsp3) is 0.385. The number of nitrogens with zero attached hydrogens (tertiary/aromatic N) is 4. The van der Waals surface area contributed by atoms with Crippen molar-refractivity contribution in [2.45, 2.75) is 26.3 Å². The molecule has 0 spiro atoms. The molecule has 1 aromatic heterocycles. The Morgan fingerprint density at radius 1 is 1.30 bits per heavy atom. The van der Waals surface area contributed by atoms with Gasteiger partial charge in [-0.3, -0.25) is 10.1 Å². The van der Waals surface area contributed by atoms with Crippen molar-refractivity contribution < 1.29 is 4.92 Å². The number of hydrogen-bond acceptors (Lipinski definition) is 5. The molecular weight excluding hydrogens is 258 g/mol. The van der Waals surface area contributed by atoms with Crippen molar-refractivity contribution in [2.75, 3.05) is 11.9 Å². The second-order valence-corrected chi connectivity index (χ2v) is 4.61. The number of nitrogens with one attached hydrogen (secondary N) is 1. The average Bonchev–Trinajstić information content (AvgIpc) is 2.92. The van der Waals surface area contributed by atoms with E-state index in [9.17, 15) is 10.1 Å². The van der Waals surface area contributed by atoms with E-state index in [-0.39, 0.29) is 10.6 Å². The van der Waals surface area contributed by atoms with Crippen molar-refractivity contribution in [3.05, 3.63) is 46.5 Å². The maximum Gasteiger partial charge on any atom is 0.292 e. The molecule has 2 aromatic rings. The number of nitro groups is 1. The Kier molecular flexibility index (Phi) is 4.65. The molecule has 0 aliphatic heterocycles. The third-order valence-electron chi connectivity index (χ3n) is 2.98. The SMILES string of the molecule is Cc1ccc(NCCCCn2cnnc2)c([N+](=O)[O-])c1. The van der Waals surface area contributed by atoms with Crippen LogP contribution in [-0.2, 0) is 6.54 Å². The maximum absolute atomic E-state index is 11.0. The summed E-state index contributed by atoms with van der Waals surface area (Å²) in [4.78, 5) is 10.6. The van der Waals surface area contributed by atoms with Crippen molar-refractivity contribution in [3.63, 3.8) is 0 Å². The molecule has 1 heterocycles. The van der Waals surface area contributed by atoms with E-state index in [4.69, 9.17) is 0 Å². The Hall–Kier alpha value is -2.44. The zero-order chi connectivity index (χ0) is 14.4. The molecule has 7 heteroatoms. The number of hydrogen-bond donors (Lipinski definition) is 1. The van der Waals surface area contributed by atoms with Gasteiger partial charge in [-0.05, 0) is 31.4 Å². The molecule has 0 aliphatic rings. The van der Waals surface area contributed by atoms with Crippen LogP contribution in [0.2, 0.25) is 0 Å². The van der Waals surface area contributed by atoms with Gasteiger partial charge in [-0.25, -0.2) is 0 Å². The van der Waals surface area contributed by atoms with Crippen LogP contribution < -0.4 is 5.32 Å². The molecule has 0 unspecified atom stereocenters. The average molecular weight is 275 g/mol. The summed E-state index contributed by atoms with van der Waals surface area (Å²) in [5, 5.41) is 21.5. The van der Waals surface area contributed by atoms with Crippen molar-refractivity contribution in [2.24, 2.45) is 0 Å². The highest BCUT2D eigenvalue weighted by molar-refractivity contribution is 5.62. The van der Waals surface area contributed by atoms with Crippen LogP contribution in [-0.4, -0.2) is 26.2 Å². The van der Waals surface area contributed by atoms with Crippen LogP contribution >= 0.6 is 0 Å². The normalized spacial score (nSPS) is 10.4. The third kappa shape index (κ3) is 3.78. The molecule has 0 amide bonds. The molecule has 20 heavy (non-hydrogen) atoms. The second kappa shape index (κ2) is 6.65. The van der Waals surface area contributed by atoms with E-state index in [0.717, 1.165) is 24.9 Å². The monoisotopic (exact) mass is 275 g/mol. The molecule has 0 bridgehead atoms. The summed E-state index contributed by atoms with van der Waals surface area (Å²) in [6.45, 7) is 3.40. The minimum Gasteiger partial charge on any atom is -0.379 e. The molecular formula is C13H17N5O2. The van der Waals surface area contributed by atoms with Crippen LogP contribution in [0, 0.1) is 17.0 Å². The molecule has 0 fully saturated rings. The molecule has 0 saturated heterocycles. The summed E-state index contributed by atoms with van der Waals surface area (Å²) in [7, 11) is 0. The molecule has 0 saturated carbocycles. The summed E-state index contributed by atoms with van der Waals surface area (Å²) in [6, 6.07) is 5.21. The van der Waals surface area contributed by atoms with Gasteiger partial charge in [-0.1, -0.05) is 6.07 Å². The predicted octanol–water partition coefficient (Wildman–Crippen LogP) is 2.39. The van der Waals surface area contributed by atoms with Gasteiger partial charge in [0.05, 0.1) is 4.92 Å². The second-order valence-electron chi connectivity index (χ2n) is 4.61. The van der Waals surface area contributed by atoms with E-state index in [1.807, 2.05) is 17.6 Å². The predicted molar refractivity (Wildman–Crippen MR) is 75.6 cm³/mol. The van der Waals surface area contributed by atoms with E-state index in [0.29, 0.717) is 12.2 Å². The Morgan fingerprint density at radius 3 is 2.75 bits per heavy atom. The fourth-order valence-electron chi connectivity index (χ4n) is 1.92. The first-order valence-electron chi connectivity index (χ1n) is 6.48. The first-order chi connectivity index (χ1) is 9.66. The molecule has 2 rings (SSSR count). The number of anilines is 1. The van der Waals surface area contributed by atoms with Crippen molar-refractivity contribution in [1.29, 1.82) is 0 Å². The third-order valence-corrected chi connectivity index (χ3v) is 2.98. The molecule has 0 atom stereocenters. The van der Waals surface area contributed by atoms with Crippen LogP contribution in [0.15, 0.2) is 30.9 Å². The van der Waals surface area contributed by atoms with Gasteiger partial charge in [0, 0.05) is 19.2 Å². The lowest BCUT2D eigenvalue weighted by molar-refractivity contribution is -0.384. The van der Waals surface area contributed by atoms with E-state index in [1.165, 1.54) is 0 Å². The van der Waals surface area contributed by atoms with E-state index in [1.54, 1.807) is 24.8 Å². The molecule has 0 aliphatic carbocycles. The van der Waals surface area contributed by atoms with Gasteiger partial charge in [0.1, 0.15) is 18.3 Å². The molecule has 1 aromatic carbocycles. The summed E-state index contributed by atoms with van der Waals surface area (Å²) in [5.74, 6) is 0. The topological polar surface area (TPSA) is 85.9 Å². The smallest absolute Gasteiger partial charge is 0.292 e. The fourth-order valence-corrected chi connectivity index (χ4v) is 1.92. The van der Waals surface area contributed by atoms with Crippen LogP contribution in [0.25, 0.3) is 0 Å². The van der Waals surface area contributed by atoms with Gasteiger partial charge in [-0.15, -0.1) is 10.2 Å². The Bertz CT molecular complexity index is 568. The lowest BCUT2D eigenvalue weighted by atomic mass is 10.2. The lowest BCUT2D eigenvalue weighted by Gasteiger charge is -2.07. The zero-order valence-electron chi connectivity index (χ0n) is 11.3. The number of rotatable bonds is 7. The highest BCUT2D eigenvalue weighted by Gasteiger charge is 2.12. The molecule has 0 radical (unpaired) electrons. The van der Waals surface area contributed by atoms with Gasteiger partial charge in [-0.2, -0.15) is 0 Å². The molecule has 1 N–H and O–H groups in total. The number of unbranched alkanes of at least 4 members (excludes halogenated alkanes) is 1. The van der Waals surface area contributed by atoms with Crippen molar-refractivity contribution >= 4 is 11.4 Å². The van der Waals surface area contributed by atoms with Crippen LogP contribution in [0.4, 0.5) is 11.4 Å². The van der Waals surface area contributed by atoms with Gasteiger partial charge in [0.2, 0.25) is 0 Å². The quantitative estimate of drug-likeness (QED) is 0.476. The number of benzene rings is 1. The van der Waals surface area contributed by atoms with Crippen molar-refractivity contribution in [1.82, 2.24) is 14.8 Å². The number of nitro benzene ring substituents is 1. The standard InChI is InChI=1S/C13H17N5O2/c1-11-4-5-12(13(8-11)18(19)20)14-6-2-3-7-17-9-15-16-10-17/h4-5,8-10,14H,2-3,6-7H2,1H3. The van der Waals surface area contributed by atoms with E-state index >= 15 is 0 Å². The summed E-state index contributed by atoms with van der Waals surface area (Å²) < 4.78 is 1.91. The number of aromatic nitrogens is 3. The minimum atomic E-state index is -0.355. The van der Waals surface area contributed by atoms with Crippen LogP contribution in [0.1, 0.15) is 18.4 Å². The van der Waals surface area contributed by atoms with Crippen molar-refractivity contribution in [3.8, 4) is 0 Å². The molecule has 7 nitrogen and oxygen atoms in total. The Labute approximate surface area is 116 Å². The largest absolute Gasteiger partial charge is 0.379 e.